The molecule has 1 aromatic heterocycles. The second-order valence-corrected chi connectivity index (χ2v) is 8.29. The number of guanidine groups is 1. The Morgan fingerprint density at radius 2 is 2.03 bits per heavy atom. The first kappa shape index (κ1) is 23.7. The smallest absolute Gasteiger partial charge is 0.191 e. The first-order valence-corrected chi connectivity index (χ1v) is 10.2. The van der Waals surface area contributed by atoms with E-state index in [9.17, 15) is 5.11 Å². The molecule has 3 rings (SSSR count). The van der Waals surface area contributed by atoms with Crippen LogP contribution >= 0.6 is 24.0 Å². The van der Waals surface area contributed by atoms with E-state index in [-0.39, 0.29) is 30.5 Å². The number of aliphatic hydroxyl groups is 1. The summed E-state index contributed by atoms with van der Waals surface area (Å²) in [6, 6.07) is 9.35. The SMILES string of the molecule is CCNC(=NCC(C)(O)c1cnn(C)c1)NC1CC1c1ccc(C(C)C)cc1.I. The number of benzene rings is 1. The van der Waals surface area contributed by atoms with E-state index in [0.29, 0.717) is 17.9 Å². The van der Waals surface area contributed by atoms with Gasteiger partial charge in [0.1, 0.15) is 5.60 Å². The molecule has 0 spiro atoms. The molecule has 2 aromatic rings. The summed E-state index contributed by atoms with van der Waals surface area (Å²) < 4.78 is 1.69. The standard InChI is InChI=1S/C22H33N5O.HI/c1-6-23-21(24-14-22(4,28)18-12-25-27(5)13-18)26-20-11-19(20)17-9-7-16(8-10-17)15(2)3;/h7-10,12-13,15,19-20,28H,6,11,14H2,1-5H3,(H2,23,24,26);1H. The van der Waals surface area contributed by atoms with Crippen LogP contribution in [0, 0.1) is 0 Å². The molecule has 1 aliphatic rings. The summed E-state index contributed by atoms with van der Waals surface area (Å²) in [6.07, 6.45) is 4.62. The number of hydrogen-bond acceptors (Lipinski definition) is 3. The van der Waals surface area contributed by atoms with Crippen molar-refractivity contribution in [2.45, 2.75) is 57.6 Å². The molecule has 1 aliphatic carbocycles. The van der Waals surface area contributed by atoms with E-state index in [1.54, 1.807) is 17.8 Å². The summed E-state index contributed by atoms with van der Waals surface area (Å²) >= 11 is 0. The Labute approximate surface area is 191 Å². The second kappa shape index (κ2) is 9.93. The predicted octanol–water partition coefficient (Wildman–Crippen LogP) is 3.48. The van der Waals surface area contributed by atoms with Crippen LogP contribution in [0.4, 0.5) is 0 Å². The number of nitrogens with one attached hydrogen (secondary N) is 2. The highest BCUT2D eigenvalue weighted by Crippen LogP contribution is 2.41. The third kappa shape index (κ3) is 6.18. The maximum atomic E-state index is 10.8. The average molecular weight is 511 g/mol. The zero-order valence-electron chi connectivity index (χ0n) is 18.0. The number of aryl methyl sites for hydroxylation is 1. The van der Waals surface area contributed by atoms with E-state index in [0.717, 1.165) is 24.5 Å². The lowest BCUT2D eigenvalue weighted by molar-refractivity contribution is 0.0671. The molecule has 0 saturated heterocycles. The fourth-order valence-electron chi connectivity index (χ4n) is 3.37. The third-order valence-corrected chi connectivity index (χ3v) is 5.36. The van der Waals surface area contributed by atoms with E-state index < -0.39 is 5.60 Å². The minimum atomic E-state index is -1.05. The van der Waals surface area contributed by atoms with E-state index in [1.165, 1.54) is 11.1 Å². The van der Waals surface area contributed by atoms with Crippen molar-refractivity contribution in [1.82, 2.24) is 20.4 Å². The van der Waals surface area contributed by atoms with Gasteiger partial charge in [0.25, 0.3) is 0 Å². The maximum Gasteiger partial charge on any atom is 0.191 e. The van der Waals surface area contributed by atoms with Gasteiger partial charge in [0.05, 0.1) is 12.7 Å². The van der Waals surface area contributed by atoms with Crippen molar-refractivity contribution in [2.75, 3.05) is 13.1 Å². The van der Waals surface area contributed by atoms with Gasteiger partial charge in [0, 0.05) is 37.3 Å². The Morgan fingerprint density at radius 1 is 1.34 bits per heavy atom. The second-order valence-electron chi connectivity index (χ2n) is 8.29. The predicted molar refractivity (Wildman–Crippen MR) is 129 cm³/mol. The van der Waals surface area contributed by atoms with Crippen molar-refractivity contribution >= 4 is 29.9 Å². The number of rotatable bonds is 7. The van der Waals surface area contributed by atoms with Crippen LogP contribution in [0.5, 0.6) is 0 Å². The van der Waals surface area contributed by atoms with Crippen molar-refractivity contribution in [3.63, 3.8) is 0 Å². The summed E-state index contributed by atoms with van der Waals surface area (Å²) in [5.41, 5.74) is 2.47. The summed E-state index contributed by atoms with van der Waals surface area (Å²) in [7, 11) is 1.84. The van der Waals surface area contributed by atoms with Gasteiger partial charge in [0.2, 0.25) is 0 Å². The third-order valence-electron chi connectivity index (χ3n) is 5.36. The Kier molecular flexibility index (Phi) is 8.10. The van der Waals surface area contributed by atoms with Crippen LogP contribution in [-0.2, 0) is 12.6 Å². The summed E-state index contributed by atoms with van der Waals surface area (Å²) in [4.78, 5) is 4.62. The van der Waals surface area contributed by atoms with Gasteiger partial charge in [-0.3, -0.25) is 4.68 Å². The topological polar surface area (TPSA) is 74.5 Å². The number of aliphatic imine (C=N–C) groups is 1. The minimum absolute atomic E-state index is 0. The molecule has 160 valence electrons. The number of aromatic nitrogens is 2. The molecule has 1 aromatic carbocycles. The van der Waals surface area contributed by atoms with Gasteiger partial charge in [-0.05, 0) is 37.3 Å². The zero-order valence-corrected chi connectivity index (χ0v) is 20.3. The average Bonchev–Trinajstić information content (AvgIpc) is 3.28. The van der Waals surface area contributed by atoms with E-state index >= 15 is 0 Å². The molecule has 3 unspecified atom stereocenters. The molecular formula is C22H34IN5O. The van der Waals surface area contributed by atoms with E-state index in [2.05, 4.69) is 58.8 Å². The van der Waals surface area contributed by atoms with Gasteiger partial charge < -0.3 is 15.7 Å². The summed E-state index contributed by atoms with van der Waals surface area (Å²) in [5, 5.41) is 21.7. The molecule has 3 atom stereocenters. The lowest BCUT2D eigenvalue weighted by Gasteiger charge is -2.20. The summed E-state index contributed by atoms with van der Waals surface area (Å²) in [5.74, 6) is 1.82. The number of nitrogens with zero attached hydrogens (tertiary/aromatic N) is 3. The molecule has 0 bridgehead atoms. The fourth-order valence-corrected chi connectivity index (χ4v) is 3.37. The molecule has 1 fully saturated rings. The molecular weight excluding hydrogens is 477 g/mol. The molecule has 1 heterocycles. The minimum Gasteiger partial charge on any atom is -0.383 e. The number of hydrogen-bond donors (Lipinski definition) is 3. The molecule has 7 heteroatoms. The van der Waals surface area contributed by atoms with Gasteiger partial charge in [0.15, 0.2) is 5.96 Å². The van der Waals surface area contributed by atoms with Crippen LogP contribution in [0.15, 0.2) is 41.7 Å². The Hall–Kier alpha value is -1.61. The normalized spacial score (nSPS) is 20.7. The van der Waals surface area contributed by atoms with Crippen molar-refractivity contribution in [3.8, 4) is 0 Å². The van der Waals surface area contributed by atoms with Gasteiger partial charge in [-0.2, -0.15) is 5.10 Å². The Bertz CT molecular complexity index is 813. The van der Waals surface area contributed by atoms with Crippen LogP contribution in [-0.4, -0.2) is 40.0 Å². The number of halogens is 1. The monoisotopic (exact) mass is 511 g/mol. The van der Waals surface area contributed by atoms with Crippen LogP contribution in [0.1, 0.15) is 62.6 Å². The van der Waals surface area contributed by atoms with Crippen LogP contribution in [0.3, 0.4) is 0 Å². The lowest BCUT2D eigenvalue weighted by Crippen LogP contribution is -2.40. The quantitative estimate of drug-likeness (QED) is 0.303. The van der Waals surface area contributed by atoms with E-state index in [4.69, 9.17) is 0 Å². The lowest BCUT2D eigenvalue weighted by atomic mass is 10.0. The fraction of sp³-hybridized carbons (Fsp3) is 0.545. The largest absolute Gasteiger partial charge is 0.383 e. The first-order valence-electron chi connectivity index (χ1n) is 10.2. The van der Waals surface area contributed by atoms with Crippen LogP contribution in [0.2, 0.25) is 0 Å². The highest BCUT2D eigenvalue weighted by Gasteiger charge is 2.39. The highest BCUT2D eigenvalue weighted by atomic mass is 127. The molecule has 29 heavy (non-hydrogen) atoms. The Morgan fingerprint density at radius 3 is 2.59 bits per heavy atom. The van der Waals surface area contributed by atoms with Crippen LogP contribution in [0.25, 0.3) is 0 Å². The van der Waals surface area contributed by atoms with Crippen molar-refractivity contribution in [3.05, 3.63) is 53.3 Å². The Balaban J connectivity index is 0.00000300. The van der Waals surface area contributed by atoms with Crippen LogP contribution < -0.4 is 10.6 Å². The molecule has 0 amide bonds. The van der Waals surface area contributed by atoms with Crippen molar-refractivity contribution in [1.29, 1.82) is 0 Å². The zero-order chi connectivity index (χ0) is 20.3. The first-order chi connectivity index (χ1) is 13.3. The van der Waals surface area contributed by atoms with Gasteiger partial charge >= 0.3 is 0 Å². The van der Waals surface area contributed by atoms with Crippen molar-refractivity contribution in [2.24, 2.45) is 12.0 Å². The maximum absolute atomic E-state index is 10.8. The molecule has 0 radical (unpaired) electrons. The molecule has 1 saturated carbocycles. The van der Waals surface area contributed by atoms with Gasteiger partial charge in [-0.15, -0.1) is 24.0 Å². The highest BCUT2D eigenvalue weighted by molar-refractivity contribution is 14.0. The summed E-state index contributed by atoms with van der Waals surface area (Å²) in [6.45, 7) is 9.31. The van der Waals surface area contributed by atoms with E-state index in [1.807, 2.05) is 20.2 Å². The molecule has 6 nitrogen and oxygen atoms in total. The van der Waals surface area contributed by atoms with Gasteiger partial charge in [-0.1, -0.05) is 38.1 Å². The van der Waals surface area contributed by atoms with Gasteiger partial charge in [-0.25, -0.2) is 4.99 Å². The molecule has 3 N–H and O–H groups in total. The van der Waals surface area contributed by atoms with Crippen molar-refractivity contribution < 1.29 is 5.11 Å². The molecule has 0 aliphatic heterocycles.